The number of aromatic amines is 1. The van der Waals surface area contributed by atoms with Crippen LogP contribution in [0.3, 0.4) is 0 Å². The second-order valence-corrected chi connectivity index (χ2v) is 7.93. The van der Waals surface area contributed by atoms with E-state index >= 15 is 0 Å². The highest BCUT2D eigenvalue weighted by molar-refractivity contribution is 6.00. The van der Waals surface area contributed by atoms with Crippen LogP contribution in [0.25, 0.3) is 0 Å². The van der Waals surface area contributed by atoms with Gasteiger partial charge in [0.1, 0.15) is 5.69 Å². The number of amides is 1. The van der Waals surface area contributed by atoms with Gasteiger partial charge in [-0.2, -0.15) is 0 Å². The fourth-order valence-corrected chi connectivity index (χ4v) is 4.20. The Hall–Kier alpha value is -3.49. The SMILES string of the molecule is CCc1[nH]c(C(=O)OCC(=O)Nc2ccc3c(c2)OC2(CCCC2)O3)c(C)c1C(=O)OC. The average molecular weight is 442 g/mol. The number of methoxy groups -OCH3 is 1. The summed E-state index contributed by atoms with van der Waals surface area (Å²) in [5, 5.41) is 2.69. The number of aryl methyl sites for hydroxylation is 1. The smallest absolute Gasteiger partial charge is 0.355 e. The highest BCUT2D eigenvalue weighted by Gasteiger charge is 2.44. The molecule has 1 saturated carbocycles. The number of rotatable bonds is 6. The lowest BCUT2D eigenvalue weighted by molar-refractivity contribution is -0.119. The molecule has 9 heteroatoms. The predicted molar refractivity (Wildman–Crippen MR) is 114 cm³/mol. The highest BCUT2D eigenvalue weighted by Crippen LogP contribution is 2.47. The van der Waals surface area contributed by atoms with Crippen LogP contribution in [0, 0.1) is 6.92 Å². The molecule has 32 heavy (non-hydrogen) atoms. The Kier molecular flexibility index (Phi) is 5.82. The lowest BCUT2D eigenvalue weighted by Crippen LogP contribution is -2.34. The number of hydrogen-bond acceptors (Lipinski definition) is 7. The minimum Gasteiger partial charge on any atom is -0.465 e. The summed E-state index contributed by atoms with van der Waals surface area (Å²) in [4.78, 5) is 39.7. The summed E-state index contributed by atoms with van der Waals surface area (Å²) in [6.45, 7) is 2.99. The van der Waals surface area contributed by atoms with Crippen molar-refractivity contribution in [2.45, 2.75) is 51.7 Å². The zero-order valence-corrected chi connectivity index (χ0v) is 18.3. The first kappa shape index (κ1) is 21.7. The van der Waals surface area contributed by atoms with Gasteiger partial charge in [0.05, 0.1) is 12.7 Å². The molecule has 0 atom stereocenters. The molecule has 170 valence electrons. The van der Waals surface area contributed by atoms with Crippen molar-refractivity contribution in [1.29, 1.82) is 0 Å². The molecule has 1 aromatic heterocycles. The van der Waals surface area contributed by atoms with Gasteiger partial charge in [-0.25, -0.2) is 9.59 Å². The highest BCUT2D eigenvalue weighted by atomic mass is 16.7. The van der Waals surface area contributed by atoms with Gasteiger partial charge in [-0.15, -0.1) is 0 Å². The molecule has 1 amide bonds. The predicted octanol–water partition coefficient (Wildman–Crippen LogP) is 3.51. The summed E-state index contributed by atoms with van der Waals surface area (Å²) >= 11 is 0. The van der Waals surface area contributed by atoms with E-state index in [1.807, 2.05) is 6.92 Å². The Bertz CT molecular complexity index is 1070. The number of aromatic nitrogens is 1. The van der Waals surface area contributed by atoms with Crippen LogP contribution in [-0.4, -0.2) is 42.3 Å². The van der Waals surface area contributed by atoms with E-state index in [2.05, 4.69) is 10.3 Å². The number of benzene rings is 1. The number of hydrogen-bond donors (Lipinski definition) is 2. The summed E-state index contributed by atoms with van der Waals surface area (Å²) in [7, 11) is 1.28. The van der Waals surface area contributed by atoms with E-state index in [9.17, 15) is 14.4 Å². The zero-order chi connectivity index (χ0) is 22.9. The van der Waals surface area contributed by atoms with Crippen molar-refractivity contribution in [2.24, 2.45) is 0 Å². The number of nitrogens with one attached hydrogen (secondary N) is 2. The molecule has 1 fully saturated rings. The van der Waals surface area contributed by atoms with Gasteiger partial charge in [0.15, 0.2) is 18.1 Å². The van der Waals surface area contributed by atoms with Crippen LogP contribution in [0.2, 0.25) is 0 Å². The summed E-state index contributed by atoms with van der Waals surface area (Å²) in [5.41, 5.74) is 1.95. The van der Waals surface area contributed by atoms with Gasteiger partial charge in [0.25, 0.3) is 11.7 Å². The van der Waals surface area contributed by atoms with Gasteiger partial charge in [0, 0.05) is 30.3 Å². The van der Waals surface area contributed by atoms with Crippen LogP contribution in [0.5, 0.6) is 11.5 Å². The largest absolute Gasteiger partial charge is 0.465 e. The Labute approximate surface area is 185 Å². The number of ether oxygens (including phenoxy) is 4. The summed E-state index contributed by atoms with van der Waals surface area (Å²) in [6, 6.07) is 5.17. The molecule has 0 unspecified atom stereocenters. The minimum absolute atomic E-state index is 0.125. The van der Waals surface area contributed by atoms with Crippen molar-refractivity contribution in [2.75, 3.05) is 19.0 Å². The molecule has 2 N–H and O–H groups in total. The molecule has 2 aliphatic rings. The van der Waals surface area contributed by atoms with Gasteiger partial charge in [-0.05, 0) is 43.9 Å². The molecule has 1 aromatic carbocycles. The van der Waals surface area contributed by atoms with Crippen molar-refractivity contribution in [3.8, 4) is 11.5 Å². The molecule has 1 aliphatic carbocycles. The fraction of sp³-hybridized carbons (Fsp3) is 0.435. The molecule has 1 aliphatic heterocycles. The standard InChI is InChI=1S/C23H26N2O7/c1-4-15-19(21(27)29-3)13(2)20(25-15)22(28)30-12-18(26)24-14-7-8-16-17(11-14)32-23(31-16)9-5-6-10-23/h7-8,11,25H,4-6,9-10,12H2,1-3H3,(H,24,26). The molecule has 0 bridgehead atoms. The summed E-state index contributed by atoms with van der Waals surface area (Å²) in [5.74, 6) is -1.08. The van der Waals surface area contributed by atoms with Gasteiger partial charge in [-0.1, -0.05) is 6.92 Å². The topological polar surface area (TPSA) is 116 Å². The van der Waals surface area contributed by atoms with Crippen LogP contribution >= 0.6 is 0 Å². The summed E-state index contributed by atoms with van der Waals surface area (Å²) in [6.07, 6.45) is 4.31. The Morgan fingerprint density at radius 3 is 2.53 bits per heavy atom. The van der Waals surface area contributed by atoms with E-state index in [1.54, 1.807) is 25.1 Å². The molecular formula is C23H26N2O7. The molecule has 9 nitrogen and oxygen atoms in total. The Morgan fingerprint density at radius 1 is 1.12 bits per heavy atom. The van der Waals surface area contributed by atoms with E-state index < -0.39 is 30.2 Å². The third-order valence-corrected chi connectivity index (χ3v) is 5.79. The third kappa shape index (κ3) is 4.02. The van der Waals surface area contributed by atoms with Crippen molar-refractivity contribution in [1.82, 2.24) is 4.98 Å². The molecular weight excluding hydrogens is 416 g/mol. The quantitative estimate of drug-likeness (QED) is 0.658. The molecule has 2 heterocycles. The molecule has 4 rings (SSSR count). The number of carbonyl (C=O) groups is 3. The van der Waals surface area contributed by atoms with Crippen LogP contribution in [0.1, 0.15) is 64.7 Å². The van der Waals surface area contributed by atoms with Gasteiger partial charge in [-0.3, -0.25) is 4.79 Å². The van der Waals surface area contributed by atoms with Crippen molar-refractivity contribution in [3.05, 3.63) is 40.7 Å². The third-order valence-electron chi connectivity index (χ3n) is 5.79. The number of anilines is 1. The van der Waals surface area contributed by atoms with Crippen LogP contribution in [0.15, 0.2) is 18.2 Å². The first-order valence-corrected chi connectivity index (χ1v) is 10.6. The number of esters is 2. The molecule has 0 radical (unpaired) electrons. The summed E-state index contributed by atoms with van der Waals surface area (Å²) < 4.78 is 21.9. The first-order valence-electron chi connectivity index (χ1n) is 10.6. The average Bonchev–Trinajstić information content (AvgIpc) is 3.48. The minimum atomic E-state index is -0.726. The lowest BCUT2D eigenvalue weighted by atomic mass is 10.1. The number of H-pyrrole nitrogens is 1. The molecule has 0 saturated heterocycles. The zero-order valence-electron chi connectivity index (χ0n) is 18.3. The van der Waals surface area contributed by atoms with Gasteiger partial charge < -0.3 is 29.2 Å². The van der Waals surface area contributed by atoms with Crippen LogP contribution < -0.4 is 14.8 Å². The maximum Gasteiger partial charge on any atom is 0.355 e. The van der Waals surface area contributed by atoms with Crippen molar-refractivity contribution >= 4 is 23.5 Å². The maximum absolute atomic E-state index is 12.5. The fourth-order valence-electron chi connectivity index (χ4n) is 4.20. The van der Waals surface area contributed by atoms with Crippen LogP contribution in [0.4, 0.5) is 5.69 Å². The van der Waals surface area contributed by atoms with E-state index in [-0.39, 0.29) is 5.69 Å². The van der Waals surface area contributed by atoms with Gasteiger partial charge >= 0.3 is 11.9 Å². The molecule has 1 spiro atoms. The monoisotopic (exact) mass is 442 g/mol. The van der Waals surface area contributed by atoms with E-state index in [0.29, 0.717) is 40.4 Å². The van der Waals surface area contributed by atoms with Gasteiger partial charge in [0.2, 0.25) is 0 Å². The van der Waals surface area contributed by atoms with Crippen molar-refractivity contribution < 1.29 is 33.3 Å². The Balaban J connectivity index is 1.37. The number of carbonyl (C=O) groups excluding carboxylic acids is 3. The second-order valence-electron chi connectivity index (χ2n) is 7.93. The Morgan fingerprint density at radius 2 is 1.84 bits per heavy atom. The second kappa shape index (κ2) is 8.57. The van der Waals surface area contributed by atoms with Crippen molar-refractivity contribution in [3.63, 3.8) is 0 Å². The van der Waals surface area contributed by atoms with E-state index in [4.69, 9.17) is 18.9 Å². The number of fused-ring (bicyclic) bond motifs is 1. The molecule has 2 aromatic rings. The lowest BCUT2D eigenvalue weighted by Gasteiger charge is -2.21. The van der Waals surface area contributed by atoms with E-state index in [1.165, 1.54) is 7.11 Å². The van der Waals surface area contributed by atoms with Crippen LogP contribution in [-0.2, 0) is 20.7 Å². The maximum atomic E-state index is 12.5. The first-order chi connectivity index (χ1) is 15.4. The van der Waals surface area contributed by atoms with E-state index in [0.717, 1.165) is 25.7 Å². The normalized spacial score (nSPS) is 15.6.